The number of methoxy groups -OCH3 is 2. The van der Waals surface area contributed by atoms with Gasteiger partial charge in [-0.15, -0.1) is 0 Å². The average molecular weight is 428 g/mol. The van der Waals surface area contributed by atoms with Crippen molar-refractivity contribution in [3.63, 3.8) is 0 Å². The summed E-state index contributed by atoms with van der Waals surface area (Å²) in [5.74, 6) is 0.163. The summed E-state index contributed by atoms with van der Waals surface area (Å²) >= 11 is 0. The van der Waals surface area contributed by atoms with Gasteiger partial charge in [-0.05, 0) is 35.4 Å². The molecule has 1 atom stereocenters. The molecular formula is C23H29N3O5. The van der Waals surface area contributed by atoms with Crippen molar-refractivity contribution in [1.82, 2.24) is 15.5 Å². The fourth-order valence-corrected chi connectivity index (χ4v) is 3.47. The summed E-state index contributed by atoms with van der Waals surface area (Å²) in [6.07, 6.45) is 0. The molecule has 166 valence electrons. The Bertz CT molecular complexity index is 866. The highest BCUT2D eigenvalue weighted by Crippen LogP contribution is 2.24. The van der Waals surface area contributed by atoms with Crippen molar-refractivity contribution in [3.05, 3.63) is 59.7 Å². The molecule has 2 aromatic carbocycles. The summed E-state index contributed by atoms with van der Waals surface area (Å²) in [5, 5.41) is 5.43. The Kier molecular flexibility index (Phi) is 8.26. The maximum atomic E-state index is 12.4. The predicted molar refractivity (Wildman–Crippen MR) is 116 cm³/mol. The van der Waals surface area contributed by atoms with Crippen LogP contribution in [0.5, 0.6) is 11.5 Å². The second-order valence-electron chi connectivity index (χ2n) is 7.18. The van der Waals surface area contributed by atoms with Gasteiger partial charge in [0, 0.05) is 26.2 Å². The Hall–Kier alpha value is -3.10. The summed E-state index contributed by atoms with van der Waals surface area (Å²) < 4.78 is 15.9. The van der Waals surface area contributed by atoms with Gasteiger partial charge in [-0.1, -0.05) is 24.3 Å². The van der Waals surface area contributed by atoms with Crippen molar-refractivity contribution in [3.8, 4) is 11.5 Å². The minimum atomic E-state index is -0.665. The van der Waals surface area contributed by atoms with E-state index in [4.69, 9.17) is 14.2 Å². The second-order valence-corrected chi connectivity index (χ2v) is 7.18. The lowest BCUT2D eigenvalue weighted by atomic mass is 10.0. The number of hydrogen-bond donors (Lipinski definition) is 2. The normalized spacial score (nSPS) is 15.0. The molecule has 0 unspecified atom stereocenters. The lowest BCUT2D eigenvalue weighted by molar-refractivity contribution is -0.139. The number of hydrogen-bond acceptors (Lipinski definition) is 6. The molecule has 2 amide bonds. The summed E-state index contributed by atoms with van der Waals surface area (Å²) in [6.45, 7) is 3.34. The highest BCUT2D eigenvalue weighted by Gasteiger charge is 2.24. The van der Waals surface area contributed by atoms with E-state index in [2.05, 4.69) is 15.5 Å². The van der Waals surface area contributed by atoms with Crippen molar-refractivity contribution < 1.29 is 23.8 Å². The summed E-state index contributed by atoms with van der Waals surface area (Å²) in [5.41, 5.74) is 1.89. The molecule has 1 aliphatic heterocycles. The van der Waals surface area contributed by atoms with Crippen LogP contribution in [0.3, 0.4) is 0 Å². The van der Waals surface area contributed by atoms with E-state index >= 15 is 0 Å². The molecule has 1 fully saturated rings. The van der Waals surface area contributed by atoms with Crippen LogP contribution in [0.1, 0.15) is 17.2 Å². The Morgan fingerprint density at radius 3 is 2.32 bits per heavy atom. The van der Waals surface area contributed by atoms with Gasteiger partial charge >= 0.3 is 11.8 Å². The highest BCUT2D eigenvalue weighted by atomic mass is 16.5. The fourth-order valence-electron chi connectivity index (χ4n) is 3.47. The number of benzene rings is 2. The van der Waals surface area contributed by atoms with E-state index in [-0.39, 0.29) is 12.6 Å². The van der Waals surface area contributed by atoms with Gasteiger partial charge in [0.1, 0.15) is 11.5 Å². The zero-order valence-corrected chi connectivity index (χ0v) is 17.9. The second kappa shape index (κ2) is 11.3. The van der Waals surface area contributed by atoms with Gasteiger partial charge < -0.3 is 24.8 Å². The summed E-state index contributed by atoms with van der Waals surface area (Å²) in [7, 11) is 3.22. The summed E-state index contributed by atoms with van der Waals surface area (Å²) in [6, 6.07) is 15.0. The molecule has 1 heterocycles. The average Bonchev–Trinajstić information content (AvgIpc) is 2.83. The van der Waals surface area contributed by atoms with Gasteiger partial charge in [-0.25, -0.2) is 0 Å². The Morgan fingerprint density at radius 1 is 0.968 bits per heavy atom. The SMILES string of the molecule is COc1ccc(CNC(=O)C(=O)NC[C@@H](c2cccc(OC)c2)N2CCOCC2)cc1. The van der Waals surface area contributed by atoms with E-state index in [1.807, 2.05) is 48.5 Å². The molecule has 1 saturated heterocycles. The zero-order chi connectivity index (χ0) is 22.1. The third kappa shape index (κ3) is 6.44. The minimum absolute atomic E-state index is 0.0858. The number of ether oxygens (including phenoxy) is 3. The molecule has 31 heavy (non-hydrogen) atoms. The Morgan fingerprint density at radius 2 is 1.65 bits per heavy atom. The van der Waals surface area contributed by atoms with Crippen LogP contribution in [-0.2, 0) is 20.9 Å². The number of rotatable bonds is 8. The van der Waals surface area contributed by atoms with Crippen LogP contribution in [0.2, 0.25) is 0 Å². The molecule has 0 aromatic heterocycles. The number of carbonyl (C=O) groups excluding carboxylic acids is 2. The lowest BCUT2D eigenvalue weighted by Gasteiger charge is -2.35. The number of nitrogens with zero attached hydrogens (tertiary/aromatic N) is 1. The molecule has 2 aromatic rings. The standard InChI is InChI=1S/C23H29N3O5/c1-29-19-8-6-17(7-9-19)15-24-22(27)23(28)25-16-21(26-10-12-31-13-11-26)18-4-3-5-20(14-18)30-2/h3-9,14,21H,10-13,15-16H2,1-2H3,(H,24,27)(H,25,28)/t21-/m0/s1. The third-order valence-electron chi connectivity index (χ3n) is 5.24. The van der Waals surface area contributed by atoms with Crippen LogP contribution in [0.4, 0.5) is 0 Å². The minimum Gasteiger partial charge on any atom is -0.497 e. The van der Waals surface area contributed by atoms with Gasteiger partial charge in [0.2, 0.25) is 0 Å². The molecule has 8 nitrogen and oxygen atoms in total. The van der Waals surface area contributed by atoms with Gasteiger partial charge in [-0.2, -0.15) is 0 Å². The largest absolute Gasteiger partial charge is 0.497 e. The van der Waals surface area contributed by atoms with Crippen LogP contribution in [-0.4, -0.2) is 63.8 Å². The van der Waals surface area contributed by atoms with Crippen LogP contribution in [0.15, 0.2) is 48.5 Å². The number of carbonyl (C=O) groups is 2. The van der Waals surface area contributed by atoms with Crippen molar-refractivity contribution >= 4 is 11.8 Å². The van der Waals surface area contributed by atoms with Crippen molar-refractivity contribution in [1.29, 1.82) is 0 Å². The molecular weight excluding hydrogens is 398 g/mol. The van der Waals surface area contributed by atoms with E-state index in [0.29, 0.717) is 19.8 Å². The van der Waals surface area contributed by atoms with Crippen LogP contribution in [0.25, 0.3) is 0 Å². The van der Waals surface area contributed by atoms with E-state index < -0.39 is 11.8 Å². The van der Waals surface area contributed by atoms with Crippen LogP contribution in [0, 0.1) is 0 Å². The molecule has 8 heteroatoms. The maximum Gasteiger partial charge on any atom is 0.309 e. The fraction of sp³-hybridized carbons (Fsp3) is 0.391. The van der Waals surface area contributed by atoms with E-state index in [9.17, 15) is 9.59 Å². The quantitative estimate of drug-likeness (QED) is 0.621. The van der Waals surface area contributed by atoms with Crippen LogP contribution >= 0.6 is 0 Å². The van der Waals surface area contributed by atoms with E-state index in [0.717, 1.165) is 35.7 Å². The maximum absolute atomic E-state index is 12.4. The Balaban J connectivity index is 1.58. The first kappa shape index (κ1) is 22.6. The monoisotopic (exact) mass is 427 g/mol. The van der Waals surface area contributed by atoms with Gasteiger partial charge in [-0.3, -0.25) is 14.5 Å². The highest BCUT2D eigenvalue weighted by molar-refractivity contribution is 6.35. The molecule has 0 spiro atoms. The molecule has 0 bridgehead atoms. The van der Waals surface area contributed by atoms with Crippen molar-refractivity contribution in [2.24, 2.45) is 0 Å². The third-order valence-corrected chi connectivity index (χ3v) is 5.24. The van der Waals surface area contributed by atoms with Crippen LogP contribution < -0.4 is 20.1 Å². The van der Waals surface area contributed by atoms with Gasteiger partial charge in [0.25, 0.3) is 0 Å². The van der Waals surface area contributed by atoms with Crippen molar-refractivity contribution in [2.45, 2.75) is 12.6 Å². The first-order valence-electron chi connectivity index (χ1n) is 10.3. The van der Waals surface area contributed by atoms with E-state index in [1.165, 1.54) is 0 Å². The van der Waals surface area contributed by atoms with Gasteiger partial charge in [0.05, 0.1) is 33.5 Å². The van der Waals surface area contributed by atoms with Crippen molar-refractivity contribution in [2.75, 3.05) is 47.1 Å². The molecule has 2 N–H and O–H groups in total. The Labute approximate surface area is 182 Å². The zero-order valence-electron chi connectivity index (χ0n) is 17.9. The van der Waals surface area contributed by atoms with E-state index in [1.54, 1.807) is 14.2 Å². The van der Waals surface area contributed by atoms with Gasteiger partial charge in [0.15, 0.2) is 0 Å². The molecule has 0 saturated carbocycles. The molecule has 3 rings (SSSR count). The number of amides is 2. The number of nitrogens with one attached hydrogen (secondary N) is 2. The predicted octanol–water partition coefficient (Wildman–Crippen LogP) is 1.51. The molecule has 0 radical (unpaired) electrons. The molecule has 0 aliphatic carbocycles. The first-order valence-corrected chi connectivity index (χ1v) is 10.3. The smallest absolute Gasteiger partial charge is 0.309 e. The number of morpholine rings is 1. The summed E-state index contributed by atoms with van der Waals surface area (Å²) in [4.78, 5) is 26.9. The lowest BCUT2D eigenvalue weighted by Crippen LogP contribution is -2.46. The topological polar surface area (TPSA) is 89.1 Å². The first-order chi connectivity index (χ1) is 15.1. The molecule has 1 aliphatic rings.